The zero-order chi connectivity index (χ0) is 35.3. The van der Waals surface area contributed by atoms with Crippen molar-refractivity contribution in [2.75, 3.05) is 14.2 Å². The molecule has 2 fully saturated rings. The van der Waals surface area contributed by atoms with Gasteiger partial charge in [-0.05, 0) is 93.1 Å². The number of methoxy groups -OCH3 is 2. The molecule has 6 rings (SSSR count). The number of carbonyl (C=O) groups is 2. The van der Waals surface area contributed by atoms with Gasteiger partial charge >= 0.3 is 0 Å². The number of ether oxygens (including phenoxy) is 4. The third kappa shape index (κ3) is 5.60. The molecule has 1 aromatic carbocycles. The number of fused-ring (bicyclic) bond motifs is 1. The molecule has 2 aliphatic heterocycles. The van der Waals surface area contributed by atoms with Crippen LogP contribution in [0, 0.1) is 11.8 Å². The number of hydrogen-bond acceptors (Lipinski definition) is 8. The summed E-state index contributed by atoms with van der Waals surface area (Å²) in [6.07, 6.45) is 12.0. The van der Waals surface area contributed by atoms with Crippen molar-refractivity contribution in [2.24, 2.45) is 11.8 Å². The fourth-order valence-electron chi connectivity index (χ4n) is 8.29. The average molecular weight is 661 g/mol. The molecular formula is C40H52O8. The minimum absolute atomic E-state index is 0.0327. The topological polar surface area (TPSA) is 112 Å². The fraction of sp³-hybridized carbons (Fsp3) is 0.550. The highest BCUT2D eigenvalue weighted by Gasteiger charge is 2.81. The largest absolute Gasteiger partial charge is 0.507 e. The van der Waals surface area contributed by atoms with Crippen molar-refractivity contribution in [3.8, 4) is 17.2 Å². The van der Waals surface area contributed by atoms with Gasteiger partial charge in [0.1, 0.15) is 22.8 Å². The first-order valence-electron chi connectivity index (χ1n) is 17.0. The molecule has 3 aliphatic carbocycles. The minimum atomic E-state index is -1.52. The zero-order valence-corrected chi connectivity index (χ0v) is 30.2. The molecule has 0 aromatic heterocycles. The Bertz CT molecular complexity index is 1660. The predicted molar refractivity (Wildman–Crippen MR) is 185 cm³/mol. The molecule has 4 atom stereocenters. The van der Waals surface area contributed by atoms with E-state index in [0.717, 1.165) is 29.6 Å². The molecule has 8 heteroatoms. The Hall–Kier alpha value is -3.46. The average Bonchev–Trinajstić information content (AvgIpc) is 3.17. The van der Waals surface area contributed by atoms with Crippen LogP contribution in [-0.4, -0.2) is 59.1 Å². The lowest BCUT2D eigenvalue weighted by Gasteiger charge is -2.56. The summed E-state index contributed by atoms with van der Waals surface area (Å²) in [6, 6.07) is 0. The van der Waals surface area contributed by atoms with Crippen molar-refractivity contribution >= 4 is 11.6 Å². The van der Waals surface area contributed by atoms with E-state index in [1.165, 1.54) is 5.57 Å². The normalized spacial score (nSPS) is 27.0. The third-order valence-corrected chi connectivity index (χ3v) is 10.7. The van der Waals surface area contributed by atoms with Gasteiger partial charge in [-0.15, -0.1) is 0 Å². The van der Waals surface area contributed by atoms with Crippen LogP contribution in [0.25, 0.3) is 0 Å². The van der Waals surface area contributed by atoms with Crippen LogP contribution in [0.15, 0.2) is 58.2 Å². The van der Waals surface area contributed by atoms with E-state index < -0.39 is 34.8 Å². The smallest absolute Gasteiger partial charge is 0.200 e. The van der Waals surface area contributed by atoms with Crippen molar-refractivity contribution in [3.05, 3.63) is 74.9 Å². The number of carbonyl (C=O) groups excluding carboxylic acids is 2. The summed E-state index contributed by atoms with van der Waals surface area (Å²) in [5.41, 5.74) is 1.44. The van der Waals surface area contributed by atoms with Gasteiger partial charge in [0, 0.05) is 49.2 Å². The van der Waals surface area contributed by atoms with E-state index in [0.29, 0.717) is 17.6 Å². The third-order valence-electron chi connectivity index (χ3n) is 10.7. The van der Waals surface area contributed by atoms with E-state index in [1.807, 2.05) is 59.8 Å². The van der Waals surface area contributed by atoms with Crippen molar-refractivity contribution in [1.29, 1.82) is 0 Å². The molecule has 1 spiro atoms. The summed E-state index contributed by atoms with van der Waals surface area (Å²) in [4.78, 5) is 29.2. The maximum atomic E-state index is 14.8. The highest BCUT2D eigenvalue weighted by molar-refractivity contribution is 6.18. The Morgan fingerprint density at radius 1 is 0.938 bits per heavy atom. The van der Waals surface area contributed by atoms with E-state index in [4.69, 9.17) is 18.9 Å². The number of phenols is 2. The van der Waals surface area contributed by atoms with E-state index in [-0.39, 0.29) is 59.3 Å². The van der Waals surface area contributed by atoms with Crippen molar-refractivity contribution < 1.29 is 38.7 Å². The Balaban J connectivity index is 1.70. The minimum Gasteiger partial charge on any atom is -0.507 e. The maximum absolute atomic E-state index is 14.8. The SMILES string of the molecule is COC(OC)C(C)=CC[C@@]12OC(C)(C)[C@@H]3C[C@@H](C=C4C(=O)c5c(O)c(CC=C(C)CCC=C(C)C)c(O)c(CC=C(C)C)c5O[C@]431)C2=O. The number of aromatic hydroxyl groups is 2. The van der Waals surface area contributed by atoms with Crippen LogP contribution in [0.3, 0.4) is 0 Å². The Kier molecular flexibility index (Phi) is 9.78. The van der Waals surface area contributed by atoms with E-state index in [9.17, 15) is 19.8 Å². The second-order valence-corrected chi connectivity index (χ2v) is 14.9. The number of Topliss-reactive ketones (excluding diaryl/α,β-unsaturated/α-hetero) is 2. The first-order valence-corrected chi connectivity index (χ1v) is 17.0. The summed E-state index contributed by atoms with van der Waals surface area (Å²) < 4.78 is 24.8. The van der Waals surface area contributed by atoms with Gasteiger partial charge in [-0.1, -0.05) is 47.1 Å². The molecule has 1 aromatic rings. The van der Waals surface area contributed by atoms with Crippen molar-refractivity contribution in [3.63, 3.8) is 0 Å². The first kappa shape index (κ1) is 35.8. The van der Waals surface area contributed by atoms with Crippen molar-refractivity contribution in [2.45, 2.75) is 117 Å². The van der Waals surface area contributed by atoms with Crippen LogP contribution < -0.4 is 4.74 Å². The van der Waals surface area contributed by atoms with Crippen LogP contribution in [0.5, 0.6) is 17.2 Å². The Labute approximate surface area is 285 Å². The summed E-state index contributed by atoms with van der Waals surface area (Å²) in [7, 11) is 3.09. The number of ketones is 2. The lowest BCUT2D eigenvalue weighted by atomic mass is 9.51. The molecule has 0 unspecified atom stereocenters. The molecule has 1 saturated carbocycles. The van der Waals surface area contributed by atoms with Crippen LogP contribution in [0.2, 0.25) is 0 Å². The van der Waals surface area contributed by atoms with Crippen LogP contribution in [0.1, 0.15) is 103 Å². The predicted octanol–water partition coefficient (Wildman–Crippen LogP) is 7.80. The van der Waals surface area contributed by atoms with Gasteiger partial charge < -0.3 is 29.2 Å². The molecule has 1 saturated heterocycles. The summed E-state index contributed by atoms with van der Waals surface area (Å²) in [5.74, 6) is -1.68. The maximum Gasteiger partial charge on any atom is 0.200 e. The second-order valence-electron chi connectivity index (χ2n) is 14.9. The number of benzene rings is 1. The monoisotopic (exact) mass is 660 g/mol. The Morgan fingerprint density at radius 2 is 1.58 bits per heavy atom. The fourth-order valence-corrected chi connectivity index (χ4v) is 8.29. The Morgan fingerprint density at radius 3 is 2.21 bits per heavy atom. The molecule has 2 N–H and O–H groups in total. The van der Waals surface area contributed by atoms with Gasteiger partial charge in [0.15, 0.2) is 29.1 Å². The summed E-state index contributed by atoms with van der Waals surface area (Å²) >= 11 is 0. The number of hydrogen-bond donors (Lipinski definition) is 2. The lowest BCUT2D eigenvalue weighted by Crippen LogP contribution is -2.72. The molecular weight excluding hydrogens is 608 g/mol. The quantitative estimate of drug-likeness (QED) is 0.173. The molecule has 8 nitrogen and oxygen atoms in total. The van der Waals surface area contributed by atoms with E-state index in [1.54, 1.807) is 20.3 Å². The highest BCUT2D eigenvalue weighted by Crippen LogP contribution is 2.68. The standard InChI is InChI=1S/C40H52O8/c1-22(2)12-11-13-24(5)15-17-27-32(41)28(16-14-23(3)4)35-31(33(27)42)34(43)29-20-26-21-30-38(7,8)48-39(36(26)44,40(29,30)47-35)19-18-25(6)37(45-9)46-10/h12,14-15,18,20,26,30,37,41-42H,11,13,16-17,19,21H2,1-10H3/t26-,30+,39+,40-/m1/s1. The van der Waals surface area contributed by atoms with Crippen LogP contribution in [-0.2, 0) is 31.8 Å². The molecule has 2 heterocycles. The molecule has 260 valence electrons. The second kappa shape index (κ2) is 13.1. The lowest BCUT2D eigenvalue weighted by molar-refractivity contribution is -0.171. The molecule has 5 aliphatic rings. The number of phenolic OH excluding ortho intramolecular Hbond substituents is 2. The number of allylic oxidation sites excluding steroid dienone is 7. The van der Waals surface area contributed by atoms with Gasteiger partial charge in [-0.2, -0.15) is 0 Å². The summed E-state index contributed by atoms with van der Waals surface area (Å²) in [5, 5.41) is 23.6. The van der Waals surface area contributed by atoms with E-state index >= 15 is 0 Å². The molecule has 48 heavy (non-hydrogen) atoms. The van der Waals surface area contributed by atoms with E-state index in [2.05, 4.69) is 19.9 Å². The molecule has 4 bridgehead atoms. The van der Waals surface area contributed by atoms with Crippen molar-refractivity contribution in [1.82, 2.24) is 0 Å². The van der Waals surface area contributed by atoms with Crippen LogP contribution >= 0.6 is 0 Å². The van der Waals surface area contributed by atoms with Crippen LogP contribution in [0.4, 0.5) is 0 Å². The van der Waals surface area contributed by atoms with Gasteiger partial charge in [-0.25, -0.2) is 0 Å². The van der Waals surface area contributed by atoms with Gasteiger partial charge in [-0.3, -0.25) is 9.59 Å². The van der Waals surface area contributed by atoms with Gasteiger partial charge in [0.25, 0.3) is 0 Å². The summed E-state index contributed by atoms with van der Waals surface area (Å²) in [6.45, 7) is 15.8. The van der Waals surface area contributed by atoms with Gasteiger partial charge in [0.05, 0.1) is 5.60 Å². The first-order chi connectivity index (χ1) is 22.6. The number of rotatable bonds is 12. The van der Waals surface area contributed by atoms with Gasteiger partial charge in [0.2, 0.25) is 0 Å². The highest BCUT2D eigenvalue weighted by atomic mass is 16.7. The zero-order valence-electron chi connectivity index (χ0n) is 30.2. The molecule has 0 radical (unpaired) electrons. The molecule has 0 amide bonds.